The van der Waals surface area contributed by atoms with E-state index in [0.29, 0.717) is 13.0 Å². The average Bonchev–Trinajstić information content (AvgIpc) is 2.05. The summed E-state index contributed by atoms with van der Waals surface area (Å²) in [5.41, 5.74) is 0. The molecule has 0 saturated heterocycles. The summed E-state index contributed by atoms with van der Waals surface area (Å²) in [4.78, 5) is 22.2. The van der Waals surface area contributed by atoms with Crippen molar-refractivity contribution in [1.82, 2.24) is 0 Å². The molecule has 74 valence electrons. The van der Waals surface area contributed by atoms with E-state index in [1.54, 1.807) is 19.9 Å². The number of hydrogen-bond donors (Lipinski definition) is 0. The minimum absolute atomic E-state index is 0.0849. The lowest BCUT2D eigenvalue weighted by Crippen LogP contribution is -2.16. The van der Waals surface area contributed by atoms with Gasteiger partial charge in [-0.2, -0.15) is 0 Å². The van der Waals surface area contributed by atoms with Crippen LogP contribution in [0.1, 0.15) is 26.7 Å². The number of allylic oxidation sites excluding steroid dienone is 1. The highest BCUT2D eigenvalue weighted by Gasteiger charge is 2.15. The van der Waals surface area contributed by atoms with Crippen molar-refractivity contribution in [3.63, 3.8) is 0 Å². The molecule has 1 atom stereocenters. The number of ketones is 1. The standard InChI is InChI=1S/C10H16O3/c1-4-6-8(3)9(11)7-10(12)13-5-2/h4,8H,1,5-7H2,2-3H3. The Morgan fingerprint density at radius 2 is 2.15 bits per heavy atom. The van der Waals surface area contributed by atoms with Crippen LogP contribution in [-0.4, -0.2) is 18.4 Å². The summed E-state index contributed by atoms with van der Waals surface area (Å²) in [6.45, 7) is 7.35. The van der Waals surface area contributed by atoms with Gasteiger partial charge in [0.2, 0.25) is 0 Å². The predicted octanol–water partition coefficient (Wildman–Crippen LogP) is 1.72. The fourth-order valence-electron chi connectivity index (χ4n) is 0.910. The van der Waals surface area contributed by atoms with Crippen molar-refractivity contribution in [2.24, 2.45) is 5.92 Å². The van der Waals surface area contributed by atoms with E-state index in [-0.39, 0.29) is 18.1 Å². The summed E-state index contributed by atoms with van der Waals surface area (Å²) < 4.78 is 4.66. The van der Waals surface area contributed by atoms with E-state index in [0.717, 1.165) is 0 Å². The maximum Gasteiger partial charge on any atom is 0.313 e. The Labute approximate surface area is 78.8 Å². The first-order valence-corrected chi connectivity index (χ1v) is 4.41. The molecule has 13 heavy (non-hydrogen) atoms. The van der Waals surface area contributed by atoms with Crippen molar-refractivity contribution in [2.45, 2.75) is 26.7 Å². The molecule has 0 aliphatic heterocycles. The molecule has 3 nitrogen and oxygen atoms in total. The van der Waals surface area contributed by atoms with E-state index in [1.165, 1.54) is 0 Å². The number of rotatable bonds is 6. The zero-order valence-corrected chi connectivity index (χ0v) is 8.21. The number of esters is 1. The topological polar surface area (TPSA) is 43.4 Å². The lowest BCUT2D eigenvalue weighted by molar-refractivity contribution is -0.146. The van der Waals surface area contributed by atoms with Gasteiger partial charge in [0.05, 0.1) is 6.61 Å². The van der Waals surface area contributed by atoms with Gasteiger partial charge in [0.15, 0.2) is 0 Å². The van der Waals surface area contributed by atoms with Crippen LogP contribution in [0.5, 0.6) is 0 Å². The molecule has 0 fully saturated rings. The average molecular weight is 184 g/mol. The van der Waals surface area contributed by atoms with Crippen LogP contribution in [0.2, 0.25) is 0 Å². The molecule has 1 unspecified atom stereocenters. The molecule has 0 N–H and O–H groups in total. The maximum atomic E-state index is 11.3. The molecule has 0 aromatic heterocycles. The second-order valence-corrected chi connectivity index (χ2v) is 2.87. The number of Topliss-reactive ketones (excluding diaryl/α,β-unsaturated/α-hetero) is 1. The van der Waals surface area contributed by atoms with Gasteiger partial charge in [0.25, 0.3) is 0 Å². The molecule has 0 aromatic carbocycles. The van der Waals surface area contributed by atoms with Crippen LogP contribution >= 0.6 is 0 Å². The fourth-order valence-corrected chi connectivity index (χ4v) is 0.910. The highest BCUT2D eigenvalue weighted by atomic mass is 16.5. The predicted molar refractivity (Wildman–Crippen MR) is 50.2 cm³/mol. The largest absolute Gasteiger partial charge is 0.466 e. The first-order chi connectivity index (χ1) is 6.11. The van der Waals surface area contributed by atoms with Gasteiger partial charge in [-0.1, -0.05) is 13.0 Å². The summed E-state index contributed by atoms with van der Waals surface area (Å²) in [7, 11) is 0. The van der Waals surface area contributed by atoms with Gasteiger partial charge in [0.1, 0.15) is 12.2 Å². The van der Waals surface area contributed by atoms with Crippen molar-refractivity contribution in [3.8, 4) is 0 Å². The van der Waals surface area contributed by atoms with Crippen LogP contribution in [0.15, 0.2) is 12.7 Å². The smallest absolute Gasteiger partial charge is 0.313 e. The molecule has 0 aromatic rings. The lowest BCUT2D eigenvalue weighted by Gasteiger charge is -2.06. The Balaban J connectivity index is 3.84. The number of carbonyl (C=O) groups is 2. The lowest BCUT2D eigenvalue weighted by atomic mass is 10.0. The Hall–Kier alpha value is -1.12. The molecule has 0 saturated carbocycles. The van der Waals surface area contributed by atoms with Gasteiger partial charge in [-0.05, 0) is 13.3 Å². The van der Waals surface area contributed by atoms with E-state index in [1.807, 2.05) is 0 Å². The SMILES string of the molecule is C=CCC(C)C(=O)CC(=O)OCC. The summed E-state index contributed by atoms with van der Waals surface area (Å²) in [5.74, 6) is -0.663. The highest BCUT2D eigenvalue weighted by molar-refractivity contribution is 5.96. The van der Waals surface area contributed by atoms with Crippen LogP contribution in [0.25, 0.3) is 0 Å². The molecule has 0 radical (unpaired) electrons. The summed E-state index contributed by atoms with van der Waals surface area (Å²) >= 11 is 0. The van der Waals surface area contributed by atoms with Crippen LogP contribution in [0, 0.1) is 5.92 Å². The minimum Gasteiger partial charge on any atom is -0.466 e. The minimum atomic E-state index is -0.441. The summed E-state index contributed by atoms with van der Waals surface area (Å²) in [6.07, 6.45) is 2.16. The molecule has 0 bridgehead atoms. The highest BCUT2D eigenvalue weighted by Crippen LogP contribution is 2.06. The third kappa shape index (κ3) is 5.17. The first kappa shape index (κ1) is 11.9. The van der Waals surface area contributed by atoms with E-state index in [9.17, 15) is 9.59 Å². The van der Waals surface area contributed by atoms with Gasteiger partial charge < -0.3 is 4.74 Å². The zero-order chi connectivity index (χ0) is 10.3. The molecule has 0 amide bonds. The molecular weight excluding hydrogens is 168 g/mol. The Morgan fingerprint density at radius 3 is 2.62 bits per heavy atom. The fraction of sp³-hybridized carbons (Fsp3) is 0.600. The molecule has 0 heterocycles. The van der Waals surface area contributed by atoms with Gasteiger partial charge in [-0.3, -0.25) is 9.59 Å². The zero-order valence-electron chi connectivity index (χ0n) is 8.21. The van der Waals surface area contributed by atoms with Gasteiger partial charge in [0, 0.05) is 5.92 Å². The Morgan fingerprint density at radius 1 is 1.54 bits per heavy atom. The molecule has 0 rings (SSSR count). The van der Waals surface area contributed by atoms with Gasteiger partial charge >= 0.3 is 5.97 Å². The molecular formula is C10H16O3. The molecule has 0 spiro atoms. The summed E-state index contributed by atoms with van der Waals surface area (Å²) in [6, 6.07) is 0. The van der Waals surface area contributed by atoms with E-state index < -0.39 is 5.97 Å². The van der Waals surface area contributed by atoms with Crippen molar-refractivity contribution >= 4 is 11.8 Å². The molecule has 0 aliphatic rings. The van der Waals surface area contributed by atoms with Crippen molar-refractivity contribution in [1.29, 1.82) is 0 Å². The van der Waals surface area contributed by atoms with Crippen molar-refractivity contribution < 1.29 is 14.3 Å². The van der Waals surface area contributed by atoms with E-state index >= 15 is 0 Å². The normalized spacial score (nSPS) is 11.8. The molecule has 0 aliphatic carbocycles. The Kier molecular flexibility index (Phi) is 5.85. The Bertz CT molecular complexity index is 196. The van der Waals surface area contributed by atoms with Gasteiger partial charge in [-0.15, -0.1) is 6.58 Å². The number of carbonyl (C=O) groups excluding carboxylic acids is 2. The van der Waals surface area contributed by atoms with Crippen LogP contribution in [0.4, 0.5) is 0 Å². The van der Waals surface area contributed by atoms with Crippen molar-refractivity contribution in [2.75, 3.05) is 6.61 Å². The van der Waals surface area contributed by atoms with Gasteiger partial charge in [-0.25, -0.2) is 0 Å². The third-order valence-electron chi connectivity index (χ3n) is 1.69. The quantitative estimate of drug-likeness (QED) is 0.358. The number of hydrogen-bond acceptors (Lipinski definition) is 3. The summed E-state index contributed by atoms with van der Waals surface area (Å²) in [5, 5.41) is 0. The number of ether oxygens (including phenoxy) is 1. The second kappa shape index (κ2) is 6.40. The molecule has 3 heteroatoms. The van der Waals surface area contributed by atoms with Crippen molar-refractivity contribution in [3.05, 3.63) is 12.7 Å². The third-order valence-corrected chi connectivity index (χ3v) is 1.69. The second-order valence-electron chi connectivity index (χ2n) is 2.87. The van der Waals surface area contributed by atoms with E-state index in [4.69, 9.17) is 0 Å². The maximum absolute atomic E-state index is 11.3. The van der Waals surface area contributed by atoms with Crippen LogP contribution < -0.4 is 0 Å². The first-order valence-electron chi connectivity index (χ1n) is 4.41. The van der Waals surface area contributed by atoms with Crippen LogP contribution in [0.3, 0.4) is 0 Å². The van der Waals surface area contributed by atoms with Crippen LogP contribution in [-0.2, 0) is 14.3 Å². The van der Waals surface area contributed by atoms with E-state index in [2.05, 4.69) is 11.3 Å². The monoisotopic (exact) mass is 184 g/mol.